The predicted molar refractivity (Wildman–Crippen MR) is 102 cm³/mol. The topological polar surface area (TPSA) is 51.5 Å². The summed E-state index contributed by atoms with van der Waals surface area (Å²) in [6.45, 7) is 0. The molecule has 150 valence electrons. The highest BCUT2D eigenvalue weighted by molar-refractivity contribution is 7.10. The molecule has 5 nitrogen and oxygen atoms in total. The summed E-state index contributed by atoms with van der Waals surface area (Å²) in [4.78, 5) is 26.7. The van der Waals surface area contributed by atoms with Crippen LogP contribution in [0.15, 0.2) is 41.2 Å². The second-order valence-electron chi connectivity index (χ2n) is 6.60. The number of rotatable bonds is 3. The third-order valence-electron chi connectivity index (χ3n) is 4.91. The molecule has 0 fully saturated rings. The number of amides is 1. The minimum Gasteiger partial charge on any atom is -0.497 e. The number of methoxy groups -OCH3 is 1. The number of carbonyl (C=O) groups excluding carboxylic acids is 1. The standard InChI is InChI=1S/C20H15F3N2O3S/c1-24-19-18(29-20(24)27)13(10-3-5-12(28-2)6-4-10)9-16(26)25(19)11-7-14(21)17(23)15(22)8-11/h3-8,13H,9H2,1-2H3/t13-/m0/s1. The Balaban J connectivity index is 1.88. The van der Waals surface area contributed by atoms with E-state index in [2.05, 4.69) is 0 Å². The maximum absolute atomic E-state index is 13.8. The average Bonchev–Trinajstić information content (AvgIpc) is 3.00. The molecule has 0 saturated heterocycles. The fraction of sp³-hybridized carbons (Fsp3) is 0.200. The fourth-order valence-electron chi connectivity index (χ4n) is 3.47. The number of halogens is 3. The Hall–Kier alpha value is -3.07. The van der Waals surface area contributed by atoms with Crippen LogP contribution in [0.3, 0.4) is 0 Å². The molecule has 0 unspecified atom stereocenters. The summed E-state index contributed by atoms with van der Waals surface area (Å²) < 4.78 is 47.4. The van der Waals surface area contributed by atoms with E-state index in [9.17, 15) is 22.8 Å². The summed E-state index contributed by atoms with van der Waals surface area (Å²) in [7, 11) is 3.02. The van der Waals surface area contributed by atoms with Crippen LogP contribution < -0.4 is 14.5 Å². The van der Waals surface area contributed by atoms with Crippen LogP contribution in [0, 0.1) is 17.5 Å². The van der Waals surface area contributed by atoms with Gasteiger partial charge in [-0.05, 0) is 17.7 Å². The Morgan fingerprint density at radius 1 is 1.07 bits per heavy atom. The lowest BCUT2D eigenvalue weighted by molar-refractivity contribution is -0.118. The Labute approximate surface area is 167 Å². The SMILES string of the molecule is COc1ccc([C@@H]2CC(=O)N(c3cc(F)c(F)c(F)c3)c3c2sc(=O)n3C)cc1. The zero-order valence-electron chi connectivity index (χ0n) is 15.4. The summed E-state index contributed by atoms with van der Waals surface area (Å²) in [5.41, 5.74) is 0.632. The minimum atomic E-state index is -1.62. The molecule has 2 heterocycles. The van der Waals surface area contributed by atoms with Gasteiger partial charge in [0.2, 0.25) is 5.91 Å². The fourth-order valence-corrected chi connectivity index (χ4v) is 4.56. The highest BCUT2D eigenvalue weighted by Crippen LogP contribution is 2.45. The lowest BCUT2D eigenvalue weighted by Crippen LogP contribution is -2.35. The van der Waals surface area contributed by atoms with Crippen LogP contribution in [-0.4, -0.2) is 17.6 Å². The van der Waals surface area contributed by atoms with Gasteiger partial charge in [0, 0.05) is 31.5 Å². The lowest BCUT2D eigenvalue weighted by Gasteiger charge is -2.32. The molecule has 1 aliphatic heterocycles. The van der Waals surface area contributed by atoms with Crippen LogP contribution in [0.5, 0.6) is 5.75 Å². The van der Waals surface area contributed by atoms with E-state index in [-0.39, 0.29) is 22.8 Å². The highest BCUT2D eigenvalue weighted by atomic mass is 32.1. The van der Waals surface area contributed by atoms with Crippen molar-refractivity contribution < 1.29 is 22.7 Å². The first-order chi connectivity index (χ1) is 13.8. The molecule has 1 amide bonds. The zero-order chi connectivity index (χ0) is 20.9. The molecule has 3 aromatic rings. The smallest absolute Gasteiger partial charge is 0.308 e. The molecule has 1 aromatic heterocycles. The number of hydrogen-bond acceptors (Lipinski definition) is 4. The van der Waals surface area contributed by atoms with E-state index >= 15 is 0 Å². The summed E-state index contributed by atoms with van der Waals surface area (Å²) in [6.07, 6.45) is -0.0140. The van der Waals surface area contributed by atoms with Crippen LogP contribution in [0.2, 0.25) is 0 Å². The number of aromatic nitrogens is 1. The first kappa shape index (κ1) is 19.3. The third-order valence-corrected chi connectivity index (χ3v) is 6.05. The lowest BCUT2D eigenvalue weighted by atomic mass is 9.90. The van der Waals surface area contributed by atoms with Crippen molar-refractivity contribution >= 4 is 28.7 Å². The molecule has 0 bridgehead atoms. The monoisotopic (exact) mass is 420 g/mol. The quantitative estimate of drug-likeness (QED) is 0.601. The maximum atomic E-state index is 13.8. The minimum absolute atomic E-state index is 0.0140. The summed E-state index contributed by atoms with van der Waals surface area (Å²) >= 11 is 0.962. The molecule has 0 aliphatic carbocycles. The Kier molecular flexibility index (Phi) is 4.70. The number of thiazole rings is 1. The Morgan fingerprint density at radius 2 is 1.69 bits per heavy atom. The molecule has 4 rings (SSSR count). The van der Waals surface area contributed by atoms with Crippen molar-refractivity contribution in [3.8, 4) is 5.75 Å². The van der Waals surface area contributed by atoms with Gasteiger partial charge in [0.15, 0.2) is 17.5 Å². The van der Waals surface area contributed by atoms with Crippen molar-refractivity contribution in [1.29, 1.82) is 0 Å². The van der Waals surface area contributed by atoms with Crippen LogP contribution >= 0.6 is 11.3 Å². The normalized spacial score (nSPS) is 16.1. The molecular weight excluding hydrogens is 405 g/mol. The van der Waals surface area contributed by atoms with Crippen LogP contribution in [0.25, 0.3) is 0 Å². The maximum Gasteiger partial charge on any atom is 0.308 e. The van der Waals surface area contributed by atoms with Gasteiger partial charge in [0.1, 0.15) is 11.6 Å². The van der Waals surface area contributed by atoms with E-state index < -0.39 is 29.3 Å². The van der Waals surface area contributed by atoms with Gasteiger partial charge in [0.05, 0.1) is 17.7 Å². The van der Waals surface area contributed by atoms with Crippen molar-refractivity contribution in [3.63, 3.8) is 0 Å². The molecule has 0 spiro atoms. The second kappa shape index (κ2) is 7.07. The number of carbonyl (C=O) groups is 1. The summed E-state index contributed by atoms with van der Waals surface area (Å²) in [5, 5.41) is 0. The summed E-state index contributed by atoms with van der Waals surface area (Å²) in [5.74, 6) is -4.42. The first-order valence-corrected chi connectivity index (χ1v) is 9.44. The number of nitrogens with zero attached hydrogens (tertiary/aromatic N) is 2. The number of benzene rings is 2. The van der Waals surface area contributed by atoms with Crippen molar-refractivity contribution in [3.05, 3.63) is 74.0 Å². The van der Waals surface area contributed by atoms with Crippen molar-refractivity contribution in [2.45, 2.75) is 12.3 Å². The number of hydrogen-bond donors (Lipinski definition) is 0. The van der Waals surface area contributed by atoms with Crippen LogP contribution in [0.4, 0.5) is 24.7 Å². The van der Waals surface area contributed by atoms with Gasteiger partial charge in [-0.3, -0.25) is 19.1 Å². The van der Waals surface area contributed by atoms with Crippen molar-refractivity contribution in [2.24, 2.45) is 7.05 Å². The molecule has 0 radical (unpaired) electrons. The molecule has 2 aromatic carbocycles. The van der Waals surface area contributed by atoms with E-state index in [1.165, 1.54) is 11.6 Å². The number of anilines is 2. The van der Waals surface area contributed by atoms with Crippen LogP contribution in [-0.2, 0) is 11.8 Å². The van der Waals surface area contributed by atoms with E-state index in [4.69, 9.17) is 4.74 Å². The molecule has 0 saturated carbocycles. The van der Waals surface area contributed by atoms with Gasteiger partial charge in [-0.1, -0.05) is 23.5 Å². The van der Waals surface area contributed by atoms with Gasteiger partial charge >= 0.3 is 4.87 Å². The van der Waals surface area contributed by atoms with E-state index in [1.807, 2.05) is 0 Å². The molecule has 29 heavy (non-hydrogen) atoms. The zero-order valence-corrected chi connectivity index (χ0v) is 16.2. The van der Waals surface area contributed by atoms with Gasteiger partial charge in [-0.15, -0.1) is 0 Å². The Morgan fingerprint density at radius 3 is 2.28 bits per heavy atom. The third kappa shape index (κ3) is 3.11. The van der Waals surface area contributed by atoms with Gasteiger partial charge in [-0.2, -0.15) is 0 Å². The second-order valence-corrected chi connectivity index (χ2v) is 7.59. The van der Waals surface area contributed by atoms with Gasteiger partial charge in [0.25, 0.3) is 0 Å². The molecule has 0 N–H and O–H groups in total. The largest absolute Gasteiger partial charge is 0.497 e. The van der Waals surface area contributed by atoms with E-state index in [0.29, 0.717) is 10.6 Å². The van der Waals surface area contributed by atoms with Gasteiger partial charge < -0.3 is 4.74 Å². The number of fused-ring (bicyclic) bond motifs is 1. The predicted octanol–water partition coefficient (Wildman–Crippen LogP) is 4.07. The molecular formula is C20H15F3N2O3S. The molecule has 1 aliphatic rings. The van der Waals surface area contributed by atoms with Crippen molar-refractivity contribution in [2.75, 3.05) is 12.0 Å². The van der Waals surface area contributed by atoms with Gasteiger partial charge in [-0.25, -0.2) is 13.2 Å². The molecule has 9 heteroatoms. The van der Waals surface area contributed by atoms with E-state index in [0.717, 1.165) is 33.9 Å². The summed E-state index contributed by atoms with van der Waals surface area (Å²) in [6, 6.07) is 8.60. The number of ether oxygens (including phenoxy) is 1. The Bertz CT molecular complexity index is 1150. The van der Waals surface area contributed by atoms with Crippen molar-refractivity contribution in [1.82, 2.24) is 4.57 Å². The van der Waals surface area contributed by atoms with E-state index in [1.54, 1.807) is 31.4 Å². The first-order valence-electron chi connectivity index (χ1n) is 8.63. The highest BCUT2D eigenvalue weighted by Gasteiger charge is 2.38. The molecule has 1 atom stereocenters. The average molecular weight is 420 g/mol. The van der Waals surface area contributed by atoms with Crippen LogP contribution in [0.1, 0.15) is 22.8 Å².